The Labute approximate surface area is 172 Å². The first kappa shape index (κ1) is 21.3. The van der Waals surface area contributed by atoms with Crippen LogP contribution in [-0.2, 0) is 14.8 Å². The van der Waals surface area contributed by atoms with E-state index in [-0.39, 0.29) is 4.90 Å². The number of hydrogen-bond acceptors (Lipinski definition) is 5. The highest BCUT2D eigenvalue weighted by molar-refractivity contribution is 7.89. The minimum absolute atomic E-state index is 0.135. The molecule has 1 aliphatic carbocycles. The standard InChI is InChI=1S/C19H29N3O4S2/c1-14-5-3-4-6-16(14)21-19(27)20-15-7-8-17(25-2)18(13-15)28(23,24)22-9-11-26-12-10-22/h7-8,13-14,16H,3-6,9-12H2,1-2H3,(H2,20,21,27)/t14-,16-/m1/s1. The van der Waals surface area contributed by atoms with Gasteiger partial charge in [-0.1, -0.05) is 19.8 Å². The predicted molar refractivity (Wildman–Crippen MR) is 113 cm³/mol. The number of sulfonamides is 1. The summed E-state index contributed by atoms with van der Waals surface area (Å²) < 4.78 is 38.2. The topological polar surface area (TPSA) is 79.9 Å². The summed E-state index contributed by atoms with van der Waals surface area (Å²) in [6, 6.07) is 5.36. The Bertz CT molecular complexity index is 794. The molecule has 1 aliphatic heterocycles. The Morgan fingerprint density at radius 2 is 1.96 bits per heavy atom. The third kappa shape index (κ3) is 4.94. The lowest BCUT2D eigenvalue weighted by atomic mass is 9.86. The van der Waals surface area contributed by atoms with Crippen molar-refractivity contribution in [2.24, 2.45) is 5.92 Å². The van der Waals surface area contributed by atoms with Crippen LogP contribution in [0.2, 0.25) is 0 Å². The fraction of sp³-hybridized carbons (Fsp3) is 0.632. The van der Waals surface area contributed by atoms with Gasteiger partial charge in [0.2, 0.25) is 10.0 Å². The molecule has 1 heterocycles. The fourth-order valence-electron chi connectivity index (χ4n) is 3.75. The van der Waals surface area contributed by atoms with Gasteiger partial charge in [0.15, 0.2) is 5.11 Å². The van der Waals surface area contributed by atoms with E-state index in [0.717, 1.165) is 6.42 Å². The maximum absolute atomic E-state index is 13.1. The third-order valence-corrected chi connectivity index (χ3v) is 7.58. The van der Waals surface area contributed by atoms with Gasteiger partial charge >= 0.3 is 0 Å². The quantitative estimate of drug-likeness (QED) is 0.699. The van der Waals surface area contributed by atoms with Crippen LogP contribution in [0.4, 0.5) is 5.69 Å². The Morgan fingerprint density at radius 3 is 2.64 bits per heavy atom. The molecular weight excluding hydrogens is 398 g/mol. The summed E-state index contributed by atoms with van der Waals surface area (Å²) in [7, 11) is -2.20. The number of thiocarbonyl (C=S) groups is 1. The molecule has 9 heteroatoms. The fourth-order valence-corrected chi connectivity index (χ4v) is 5.61. The van der Waals surface area contributed by atoms with Crippen LogP contribution in [0.3, 0.4) is 0 Å². The molecule has 0 spiro atoms. The molecule has 28 heavy (non-hydrogen) atoms. The first-order valence-corrected chi connectivity index (χ1v) is 11.6. The van der Waals surface area contributed by atoms with Gasteiger partial charge in [0.05, 0.1) is 20.3 Å². The number of rotatable bonds is 5. The Balaban J connectivity index is 1.75. The molecule has 0 amide bonds. The number of ether oxygens (including phenoxy) is 2. The summed E-state index contributed by atoms with van der Waals surface area (Å²) in [5, 5.41) is 7.03. The second-order valence-corrected chi connectivity index (χ2v) is 9.66. The van der Waals surface area contributed by atoms with E-state index in [1.54, 1.807) is 18.2 Å². The van der Waals surface area contributed by atoms with Gasteiger partial charge in [0.25, 0.3) is 0 Å². The zero-order chi connectivity index (χ0) is 20.1. The van der Waals surface area contributed by atoms with Crippen molar-refractivity contribution in [3.8, 4) is 5.75 Å². The van der Waals surface area contributed by atoms with Crippen molar-refractivity contribution in [3.63, 3.8) is 0 Å². The number of nitrogens with zero attached hydrogens (tertiary/aromatic N) is 1. The summed E-state index contributed by atoms with van der Waals surface area (Å²) in [6.45, 7) is 3.70. The van der Waals surface area contributed by atoms with Gasteiger partial charge in [-0.15, -0.1) is 0 Å². The Kier molecular flexibility index (Phi) is 7.14. The Morgan fingerprint density at radius 1 is 1.25 bits per heavy atom. The molecule has 0 aromatic heterocycles. The molecule has 0 radical (unpaired) electrons. The molecule has 0 unspecified atom stereocenters. The molecule has 2 aliphatic rings. The molecule has 1 saturated heterocycles. The lowest BCUT2D eigenvalue weighted by molar-refractivity contribution is 0.0729. The van der Waals surface area contributed by atoms with Crippen molar-refractivity contribution in [3.05, 3.63) is 18.2 Å². The van der Waals surface area contributed by atoms with Crippen LogP contribution in [-0.4, -0.2) is 57.3 Å². The van der Waals surface area contributed by atoms with Crippen molar-refractivity contribution in [1.82, 2.24) is 9.62 Å². The van der Waals surface area contributed by atoms with E-state index < -0.39 is 10.0 Å². The van der Waals surface area contributed by atoms with Gasteiger partial charge in [-0.25, -0.2) is 8.42 Å². The van der Waals surface area contributed by atoms with Gasteiger partial charge in [-0.05, 0) is 49.2 Å². The van der Waals surface area contributed by atoms with E-state index in [9.17, 15) is 8.42 Å². The number of nitrogens with one attached hydrogen (secondary N) is 2. The lowest BCUT2D eigenvalue weighted by Crippen LogP contribution is -2.43. The molecule has 156 valence electrons. The van der Waals surface area contributed by atoms with Gasteiger partial charge in [0, 0.05) is 24.8 Å². The maximum Gasteiger partial charge on any atom is 0.246 e. The zero-order valence-corrected chi connectivity index (χ0v) is 18.1. The molecule has 1 aromatic carbocycles. The van der Waals surface area contributed by atoms with Crippen molar-refractivity contribution >= 4 is 33.0 Å². The molecule has 1 saturated carbocycles. The normalized spacial score (nSPS) is 23.8. The van der Waals surface area contributed by atoms with Crippen LogP contribution >= 0.6 is 12.2 Å². The highest BCUT2D eigenvalue weighted by Gasteiger charge is 2.29. The monoisotopic (exact) mass is 427 g/mol. The minimum atomic E-state index is -3.67. The van der Waals surface area contributed by atoms with Crippen molar-refractivity contribution in [2.45, 2.75) is 43.5 Å². The molecule has 3 rings (SSSR count). The van der Waals surface area contributed by atoms with Gasteiger partial charge < -0.3 is 20.1 Å². The average molecular weight is 428 g/mol. The smallest absolute Gasteiger partial charge is 0.246 e. The predicted octanol–water partition coefficient (Wildman–Crippen LogP) is 2.58. The number of morpholine rings is 1. The maximum atomic E-state index is 13.1. The number of benzene rings is 1. The van der Waals surface area contributed by atoms with Gasteiger partial charge in [-0.3, -0.25) is 0 Å². The summed E-state index contributed by atoms with van der Waals surface area (Å²) in [4.78, 5) is 0.135. The highest BCUT2D eigenvalue weighted by atomic mass is 32.2. The summed E-state index contributed by atoms with van der Waals surface area (Å²) in [5.74, 6) is 0.887. The molecule has 7 nitrogen and oxygen atoms in total. The van der Waals surface area contributed by atoms with E-state index >= 15 is 0 Å². The van der Waals surface area contributed by atoms with E-state index in [2.05, 4.69) is 17.6 Å². The molecule has 1 aromatic rings. The Hall–Kier alpha value is -1.42. The molecule has 0 bridgehead atoms. The van der Waals surface area contributed by atoms with E-state index in [0.29, 0.717) is 54.8 Å². The zero-order valence-electron chi connectivity index (χ0n) is 16.4. The minimum Gasteiger partial charge on any atom is -0.495 e. The van der Waals surface area contributed by atoms with Crippen molar-refractivity contribution in [2.75, 3.05) is 38.7 Å². The SMILES string of the molecule is COc1ccc(NC(=S)N[C@@H]2CCCC[C@H]2C)cc1S(=O)(=O)N1CCOCC1. The molecule has 2 fully saturated rings. The van der Waals surface area contributed by atoms with Gasteiger partial charge in [0.1, 0.15) is 10.6 Å². The second-order valence-electron chi connectivity index (χ2n) is 7.35. The number of anilines is 1. The second kappa shape index (κ2) is 9.39. The molecule has 2 atom stereocenters. The van der Waals surface area contributed by atoms with Gasteiger partial charge in [-0.2, -0.15) is 4.31 Å². The average Bonchev–Trinajstić information content (AvgIpc) is 2.70. The van der Waals surface area contributed by atoms with Crippen molar-refractivity contribution < 1.29 is 17.9 Å². The lowest BCUT2D eigenvalue weighted by Gasteiger charge is -2.30. The third-order valence-electron chi connectivity index (χ3n) is 5.44. The van der Waals surface area contributed by atoms with Crippen LogP contribution < -0.4 is 15.4 Å². The summed E-state index contributed by atoms with van der Waals surface area (Å²) in [6.07, 6.45) is 4.77. The van der Waals surface area contributed by atoms with E-state index in [1.165, 1.54) is 30.7 Å². The van der Waals surface area contributed by atoms with Crippen LogP contribution in [0.1, 0.15) is 32.6 Å². The summed E-state index contributed by atoms with van der Waals surface area (Å²) in [5.41, 5.74) is 0.619. The van der Waals surface area contributed by atoms with E-state index in [1.807, 2.05) is 0 Å². The van der Waals surface area contributed by atoms with E-state index in [4.69, 9.17) is 21.7 Å². The van der Waals surface area contributed by atoms with Crippen molar-refractivity contribution in [1.29, 1.82) is 0 Å². The summed E-state index contributed by atoms with van der Waals surface area (Å²) >= 11 is 5.46. The molecule has 2 N–H and O–H groups in total. The van der Waals surface area contributed by atoms with Crippen LogP contribution in [0.25, 0.3) is 0 Å². The highest BCUT2D eigenvalue weighted by Crippen LogP contribution is 2.30. The van der Waals surface area contributed by atoms with Crippen LogP contribution in [0.15, 0.2) is 23.1 Å². The molecular formula is C19H29N3O4S2. The first-order chi connectivity index (χ1) is 13.4. The number of hydrogen-bond donors (Lipinski definition) is 2. The largest absolute Gasteiger partial charge is 0.495 e. The number of methoxy groups -OCH3 is 1. The first-order valence-electron chi connectivity index (χ1n) is 9.75. The van der Waals surface area contributed by atoms with Crippen LogP contribution in [0, 0.1) is 5.92 Å². The van der Waals surface area contributed by atoms with Crippen LogP contribution in [0.5, 0.6) is 5.75 Å².